The number of rotatable bonds is 3. The van der Waals surface area contributed by atoms with Crippen molar-refractivity contribution in [1.82, 2.24) is 4.98 Å². The molecule has 0 saturated carbocycles. The second kappa shape index (κ2) is 4.98. The van der Waals surface area contributed by atoms with Gasteiger partial charge in [0.1, 0.15) is 6.61 Å². The third-order valence-electron chi connectivity index (χ3n) is 2.94. The normalized spacial score (nSPS) is 10.5. The van der Waals surface area contributed by atoms with Crippen LogP contribution in [0, 0.1) is 0 Å². The van der Waals surface area contributed by atoms with Gasteiger partial charge >= 0.3 is 0 Å². The van der Waals surface area contributed by atoms with Crippen LogP contribution in [0.1, 0.15) is 5.56 Å². The van der Waals surface area contributed by atoms with Gasteiger partial charge in [-0.25, -0.2) is 0 Å². The Morgan fingerprint density at radius 3 is 2.53 bits per heavy atom. The summed E-state index contributed by atoms with van der Waals surface area (Å²) in [4.78, 5) is 4.03. The Bertz CT molecular complexity index is 695. The molecule has 0 radical (unpaired) electrons. The Labute approximate surface area is 111 Å². The molecule has 2 aromatic carbocycles. The molecule has 0 aliphatic carbocycles. The van der Waals surface area contributed by atoms with Crippen LogP contribution in [0.4, 0.5) is 0 Å². The van der Waals surface area contributed by atoms with Crippen LogP contribution in [-0.4, -0.2) is 10.1 Å². The average molecular weight is 251 g/mol. The van der Waals surface area contributed by atoms with Gasteiger partial charge in [0.25, 0.3) is 0 Å². The lowest BCUT2D eigenvalue weighted by Crippen LogP contribution is -1.96. The van der Waals surface area contributed by atoms with Crippen LogP contribution in [0.25, 0.3) is 10.8 Å². The summed E-state index contributed by atoms with van der Waals surface area (Å²) in [6, 6.07) is 15.2. The van der Waals surface area contributed by atoms with Gasteiger partial charge in [-0.05, 0) is 29.0 Å². The van der Waals surface area contributed by atoms with Gasteiger partial charge in [0.2, 0.25) is 0 Å². The molecule has 0 saturated heterocycles. The van der Waals surface area contributed by atoms with E-state index in [0.717, 1.165) is 16.3 Å². The highest BCUT2D eigenvalue weighted by molar-refractivity contribution is 5.85. The monoisotopic (exact) mass is 251 g/mol. The highest BCUT2D eigenvalue weighted by atomic mass is 16.5. The highest BCUT2D eigenvalue weighted by Gasteiger charge is 2.05. The molecule has 0 spiro atoms. The molecule has 0 bridgehead atoms. The van der Waals surface area contributed by atoms with Gasteiger partial charge in [-0.15, -0.1) is 0 Å². The number of fused-ring (bicyclic) bond motifs is 1. The number of pyridine rings is 1. The smallest absolute Gasteiger partial charge is 0.162 e. The molecule has 0 fully saturated rings. The number of hydrogen-bond donors (Lipinski definition) is 1. The van der Waals surface area contributed by atoms with Gasteiger partial charge in [-0.2, -0.15) is 0 Å². The van der Waals surface area contributed by atoms with Crippen molar-refractivity contribution in [2.45, 2.75) is 6.61 Å². The van der Waals surface area contributed by atoms with Crippen molar-refractivity contribution in [2.75, 3.05) is 0 Å². The number of ether oxygens (including phenoxy) is 1. The molecule has 3 nitrogen and oxygen atoms in total. The number of phenols is 1. The molecule has 3 aromatic rings. The Morgan fingerprint density at radius 1 is 1.00 bits per heavy atom. The second-order valence-electron chi connectivity index (χ2n) is 4.32. The minimum Gasteiger partial charge on any atom is -0.504 e. The van der Waals surface area contributed by atoms with E-state index in [1.54, 1.807) is 18.5 Å². The Morgan fingerprint density at radius 2 is 1.79 bits per heavy atom. The number of aromatic nitrogens is 1. The Hall–Kier alpha value is -2.55. The molecular weight excluding hydrogens is 238 g/mol. The number of phenolic OH excluding ortho intramolecular Hbond substituents is 1. The summed E-state index contributed by atoms with van der Waals surface area (Å²) >= 11 is 0. The molecule has 3 rings (SSSR count). The van der Waals surface area contributed by atoms with Crippen LogP contribution in [0.5, 0.6) is 11.5 Å². The summed E-state index contributed by atoms with van der Waals surface area (Å²) < 4.78 is 5.64. The summed E-state index contributed by atoms with van der Waals surface area (Å²) in [5.41, 5.74) is 0.968. The fraction of sp³-hybridized carbons (Fsp3) is 0.0625. The first-order chi connectivity index (χ1) is 9.33. The SMILES string of the molecule is Oc1cc2ccccc2cc1OCc1cccnc1. The molecule has 1 heterocycles. The van der Waals surface area contributed by atoms with Crippen molar-refractivity contribution in [3.8, 4) is 11.5 Å². The van der Waals surface area contributed by atoms with Gasteiger partial charge in [0.05, 0.1) is 0 Å². The van der Waals surface area contributed by atoms with E-state index in [1.807, 2.05) is 42.5 Å². The maximum atomic E-state index is 9.95. The summed E-state index contributed by atoms with van der Waals surface area (Å²) in [7, 11) is 0. The lowest BCUT2D eigenvalue weighted by atomic mass is 10.1. The Balaban J connectivity index is 1.86. The largest absolute Gasteiger partial charge is 0.504 e. The van der Waals surface area contributed by atoms with Crippen LogP contribution in [-0.2, 0) is 6.61 Å². The lowest BCUT2D eigenvalue weighted by molar-refractivity contribution is 0.289. The molecule has 19 heavy (non-hydrogen) atoms. The van der Waals surface area contributed by atoms with E-state index < -0.39 is 0 Å². The van der Waals surface area contributed by atoms with E-state index in [9.17, 15) is 5.11 Å². The number of hydrogen-bond acceptors (Lipinski definition) is 3. The van der Waals surface area contributed by atoms with Crippen molar-refractivity contribution in [1.29, 1.82) is 0 Å². The molecule has 0 amide bonds. The summed E-state index contributed by atoms with van der Waals surface area (Å²) in [6.45, 7) is 0.389. The third kappa shape index (κ3) is 2.50. The molecule has 1 N–H and O–H groups in total. The molecule has 0 aliphatic rings. The minimum atomic E-state index is 0.155. The topological polar surface area (TPSA) is 42.4 Å². The van der Waals surface area contributed by atoms with Gasteiger partial charge in [-0.1, -0.05) is 30.3 Å². The molecule has 3 heteroatoms. The first-order valence-electron chi connectivity index (χ1n) is 6.06. The van der Waals surface area contributed by atoms with Crippen molar-refractivity contribution >= 4 is 10.8 Å². The Kier molecular flexibility index (Phi) is 3.02. The van der Waals surface area contributed by atoms with Gasteiger partial charge < -0.3 is 9.84 Å². The highest BCUT2D eigenvalue weighted by Crippen LogP contribution is 2.31. The standard InChI is InChI=1S/C16H13NO2/c18-15-8-13-5-1-2-6-14(13)9-16(15)19-11-12-4-3-7-17-10-12/h1-10,18H,11H2. The second-order valence-corrected chi connectivity index (χ2v) is 4.32. The van der Waals surface area contributed by atoms with Crippen LogP contribution >= 0.6 is 0 Å². The fourth-order valence-electron chi connectivity index (χ4n) is 1.97. The predicted molar refractivity (Wildman–Crippen MR) is 74.2 cm³/mol. The van der Waals surface area contributed by atoms with Crippen molar-refractivity contribution in [3.05, 3.63) is 66.5 Å². The zero-order chi connectivity index (χ0) is 13.1. The third-order valence-corrected chi connectivity index (χ3v) is 2.94. The van der Waals surface area contributed by atoms with E-state index in [4.69, 9.17) is 4.74 Å². The van der Waals surface area contributed by atoms with E-state index in [0.29, 0.717) is 12.4 Å². The van der Waals surface area contributed by atoms with Crippen LogP contribution < -0.4 is 4.74 Å². The number of benzene rings is 2. The van der Waals surface area contributed by atoms with Gasteiger partial charge in [-0.3, -0.25) is 4.98 Å². The molecule has 0 aliphatic heterocycles. The zero-order valence-electron chi connectivity index (χ0n) is 10.3. The molecule has 94 valence electrons. The lowest BCUT2D eigenvalue weighted by Gasteiger charge is -2.09. The van der Waals surface area contributed by atoms with E-state index in [2.05, 4.69) is 4.98 Å². The maximum absolute atomic E-state index is 9.95. The maximum Gasteiger partial charge on any atom is 0.162 e. The van der Waals surface area contributed by atoms with Gasteiger partial charge in [0, 0.05) is 18.0 Å². The number of nitrogens with zero attached hydrogens (tertiary/aromatic N) is 1. The van der Waals surface area contributed by atoms with Crippen molar-refractivity contribution in [2.24, 2.45) is 0 Å². The molecular formula is C16H13NO2. The predicted octanol–water partition coefficient (Wildman–Crippen LogP) is 3.52. The molecule has 0 atom stereocenters. The van der Waals surface area contributed by atoms with E-state index >= 15 is 0 Å². The average Bonchev–Trinajstić information content (AvgIpc) is 2.46. The molecule has 0 unspecified atom stereocenters. The summed E-state index contributed by atoms with van der Waals surface area (Å²) in [5, 5.41) is 12.0. The van der Waals surface area contributed by atoms with Crippen LogP contribution in [0.3, 0.4) is 0 Å². The minimum absolute atomic E-state index is 0.155. The van der Waals surface area contributed by atoms with Gasteiger partial charge in [0.15, 0.2) is 11.5 Å². The van der Waals surface area contributed by atoms with Crippen LogP contribution in [0.2, 0.25) is 0 Å². The summed E-state index contributed by atoms with van der Waals surface area (Å²) in [5.74, 6) is 0.644. The fourth-order valence-corrected chi connectivity index (χ4v) is 1.97. The first-order valence-corrected chi connectivity index (χ1v) is 6.06. The quantitative estimate of drug-likeness (QED) is 0.774. The van der Waals surface area contributed by atoms with E-state index in [1.165, 1.54) is 0 Å². The van der Waals surface area contributed by atoms with E-state index in [-0.39, 0.29) is 5.75 Å². The van der Waals surface area contributed by atoms with Crippen molar-refractivity contribution < 1.29 is 9.84 Å². The molecule has 1 aromatic heterocycles. The zero-order valence-corrected chi connectivity index (χ0v) is 10.3. The van der Waals surface area contributed by atoms with Crippen molar-refractivity contribution in [3.63, 3.8) is 0 Å². The van der Waals surface area contributed by atoms with Crippen LogP contribution in [0.15, 0.2) is 60.9 Å². The first kappa shape index (κ1) is 11.5. The number of aromatic hydroxyl groups is 1. The summed E-state index contributed by atoms with van der Waals surface area (Å²) in [6.07, 6.45) is 3.47.